The lowest BCUT2D eigenvalue weighted by atomic mass is 9.92. The molecule has 0 aliphatic carbocycles. The second-order valence-electron chi connectivity index (χ2n) is 5.34. The van der Waals surface area contributed by atoms with Gasteiger partial charge in [-0.1, -0.05) is 51.1 Å². The molecule has 1 nitrogen and oxygen atoms in total. The molecule has 2 heteroatoms. The molecule has 0 fully saturated rings. The van der Waals surface area contributed by atoms with Crippen LogP contribution in [0, 0.1) is 5.41 Å². The van der Waals surface area contributed by atoms with E-state index in [9.17, 15) is 0 Å². The summed E-state index contributed by atoms with van der Waals surface area (Å²) >= 11 is 0. The van der Waals surface area contributed by atoms with Gasteiger partial charge in [-0.3, -0.25) is 0 Å². The van der Waals surface area contributed by atoms with Crippen molar-refractivity contribution in [2.75, 3.05) is 0 Å². The predicted octanol–water partition coefficient (Wildman–Crippen LogP) is 4.07. The van der Waals surface area contributed by atoms with Gasteiger partial charge in [0.1, 0.15) is 0 Å². The highest BCUT2D eigenvalue weighted by atomic mass is 28.3. The molecule has 0 amide bonds. The monoisotopic (exact) mass is 234 g/mol. The van der Waals surface area contributed by atoms with Gasteiger partial charge < -0.3 is 4.43 Å². The lowest BCUT2D eigenvalue weighted by molar-refractivity contribution is 0.304. The van der Waals surface area contributed by atoms with Gasteiger partial charge in [0.2, 0.25) is 9.04 Å². The molecule has 0 spiro atoms. The van der Waals surface area contributed by atoms with Crippen LogP contribution in [-0.2, 0) is 4.43 Å². The van der Waals surface area contributed by atoms with Gasteiger partial charge in [0, 0.05) is 5.41 Å². The van der Waals surface area contributed by atoms with E-state index in [1.165, 1.54) is 5.56 Å². The summed E-state index contributed by atoms with van der Waals surface area (Å²) in [6.45, 7) is 11.0. The highest BCUT2D eigenvalue weighted by Crippen LogP contribution is 2.28. The molecule has 88 valence electrons. The molecule has 0 unspecified atom stereocenters. The number of allylic oxidation sites excluding steroid dienone is 1. The first-order chi connectivity index (χ1) is 7.39. The summed E-state index contributed by atoms with van der Waals surface area (Å²) in [6, 6.07) is 10.4. The first kappa shape index (κ1) is 13.0. The van der Waals surface area contributed by atoms with E-state index in [1.54, 1.807) is 0 Å². The van der Waals surface area contributed by atoms with Crippen molar-refractivity contribution >= 4 is 15.1 Å². The van der Waals surface area contributed by atoms with Crippen molar-refractivity contribution in [1.82, 2.24) is 0 Å². The maximum absolute atomic E-state index is 6.02. The van der Waals surface area contributed by atoms with Crippen molar-refractivity contribution in [2.45, 2.75) is 33.9 Å². The number of benzene rings is 1. The smallest absolute Gasteiger partial charge is 0.229 e. The standard InChI is InChI=1S/C14H22OSi/c1-14(2,3)13(15-16(4)5)11-12-9-7-6-8-10-12/h6-11,16H,1-5H3. The van der Waals surface area contributed by atoms with E-state index in [0.29, 0.717) is 0 Å². The Labute approximate surface area is 101 Å². The molecule has 0 radical (unpaired) electrons. The van der Waals surface area contributed by atoms with Crippen LogP contribution in [0.25, 0.3) is 6.08 Å². The average molecular weight is 234 g/mol. The summed E-state index contributed by atoms with van der Waals surface area (Å²) in [5.41, 5.74) is 1.29. The second kappa shape index (κ2) is 5.35. The Hall–Kier alpha value is -1.02. The SMILES string of the molecule is C[SiH](C)OC(=Cc1ccccc1)C(C)(C)C. The molecule has 1 rings (SSSR count). The van der Waals surface area contributed by atoms with Gasteiger partial charge in [0.25, 0.3) is 0 Å². The van der Waals surface area contributed by atoms with E-state index in [-0.39, 0.29) is 5.41 Å². The molecule has 0 atom stereocenters. The molecule has 0 saturated carbocycles. The van der Waals surface area contributed by atoms with Crippen molar-refractivity contribution in [3.63, 3.8) is 0 Å². The molecule has 0 aromatic heterocycles. The minimum Gasteiger partial charge on any atom is -0.549 e. The van der Waals surface area contributed by atoms with Crippen molar-refractivity contribution < 1.29 is 4.43 Å². The molecular formula is C14H22OSi. The number of hydrogen-bond donors (Lipinski definition) is 0. The molecule has 1 aromatic carbocycles. The summed E-state index contributed by atoms with van der Waals surface area (Å²) in [5.74, 6) is 1.10. The van der Waals surface area contributed by atoms with Crippen molar-refractivity contribution in [3.8, 4) is 0 Å². The molecule has 0 saturated heterocycles. The molecule has 1 aromatic rings. The van der Waals surface area contributed by atoms with E-state index < -0.39 is 9.04 Å². The van der Waals surface area contributed by atoms with Gasteiger partial charge in [-0.15, -0.1) is 0 Å². The Morgan fingerprint density at radius 1 is 1.12 bits per heavy atom. The Morgan fingerprint density at radius 3 is 2.12 bits per heavy atom. The van der Waals surface area contributed by atoms with Crippen LogP contribution in [-0.4, -0.2) is 9.04 Å². The van der Waals surface area contributed by atoms with Gasteiger partial charge >= 0.3 is 0 Å². The Balaban J connectivity index is 2.97. The van der Waals surface area contributed by atoms with Crippen LogP contribution in [0.2, 0.25) is 13.1 Å². The van der Waals surface area contributed by atoms with E-state index in [2.05, 4.69) is 64.2 Å². The van der Waals surface area contributed by atoms with Crippen LogP contribution >= 0.6 is 0 Å². The Morgan fingerprint density at radius 2 is 1.69 bits per heavy atom. The van der Waals surface area contributed by atoms with E-state index >= 15 is 0 Å². The van der Waals surface area contributed by atoms with Gasteiger partial charge in [0.15, 0.2) is 0 Å². The lowest BCUT2D eigenvalue weighted by Crippen LogP contribution is -2.18. The van der Waals surface area contributed by atoms with Crippen LogP contribution in [0.1, 0.15) is 26.3 Å². The predicted molar refractivity (Wildman–Crippen MR) is 73.8 cm³/mol. The zero-order valence-corrected chi connectivity index (χ0v) is 12.1. The second-order valence-corrected chi connectivity index (χ2v) is 7.67. The first-order valence-electron chi connectivity index (χ1n) is 5.83. The number of rotatable bonds is 3. The topological polar surface area (TPSA) is 9.23 Å². The summed E-state index contributed by atoms with van der Waals surface area (Å²) in [6.07, 6.45) is 2.16. The zero-order valence-electron chi connectivity index (χ0n) is 10.9. The fourth-order valence-corrected chi connectivity index (χ4v) is 2.31. The maximum atomic E-state index is 6.02. The normalized spacial score (nSPS) is 13.0. The molecule has 0 heterocycles. The van der Waals surface area contributed by atoms with E-state index in [1.807, 2.05) is 6.07 Å². The van der Waals surface area contributed by atoms with Crippen LogP contribution in [0.4, 0.5) is 0 Å². The zero-order chi connectivity index (χ0) is 12.2. The Bertz CT molecular complexity index is 347. The highest BCUT2D eigenvalue weighted by Gasteiger charge is 2.19. The third kappa shape index (κ3) is 4.23. The minimum atomic E-state index is -1.04. The Kier molecular flexibility index (Phi) is 4.36. The summed E-state index contributed by atoms with van der Waals surface area (Å²) in [4.78, 5) is 0. The van der Waals surface area contributed by atoms with Gasteiger partial charge in [-0.05, 0) is 24.7 Å². The summed E-state index contributed by atoms with van der Waals surface area (Å²) in [5, 5.41) is 0. The quantitative estimate of drug-likeness (QED) is 0.566. The third-order valence-electron chi connectivity index (χ3n) is 2.20. The molecule has 0 N–H and O–H groups in total. The molecular weight excluding hydrogens is 212 g/mol. The fourth-order valence-electron chi connectivity index (χ4n) is 1.38. The first-order valence-corrected chi connectivity index (χ1v) is 8.61. The maximum Gasteiger partial charge on any atom is 0.229 e. The third-order valence-corrected chi connectivity index (χ3v) is 2.92. The molecule has 0 bridgehead atoms. The highest BCUT2D eigenvalue weighted by molar-refractivity contribution is 6.48. The largest absolute Gasteiger partial charge is 0.549 e. The summed E-state index contributed by atoms with van der Waals surface area (Å²) < 4.78 is 6.02. The van der Waals surface area contributed by atoms with Crippen LogP contribution in [0.3, 0.4) is 0 Å². The molecule has 0 aliphatic heterocycles. The van der Waals surface area contributed by atoms with Gasteiger partial charge in [-0.25, -0.2) is 0 Å². The van der Waals surface area contributed by atoms with Crippen molar-refractivity contribution in [3.05, 3.63) is 41.7 Å². The van der Waals surface area contributed by atoms with Crippen LogP contribution in [0.5, 0.6) is 0 Å². The number of hydrogen-bond acceptors (Lipinski definition) is 1. The van der Waals surface area contributed by atoms with E-state index in [4.69, 9.17) is 4.43 Å². The minimum absolute atomic E-state index is 0.0765. The van der Waals surface area contributed by atoms with Crippen molar-refractivity contribution in [2.24, 2.45) is 5.41 Å². The lowest BCUT2D eigenvalue weighted by Gasteiger charge is -2.26. The molecule has 16 heavy (non-hydrogen) atoms. The van der Waals surface area contributed by atoms with Crippen molar-refractivity contribution in [1.29, 1.82) is 0 Å². The molecule has 0 aliphatic rings. The van der Waals surface area contributed by atoms with Crippen LogP contribution < -0.4 is 0 Å². The fraction of sp³-hybridized carbons (Fsp3) is 0.429. The van der Waals surface area contributed by atoms with Gasteiger partial charge in [0.05, 0.1) is 5.76 Å². The average Bonchev–Trinajstić information content (AvgIpc) is 2.16. The van der Waals surface area contributed by atoms with Gasteiger partial charge in [-0.2, -0.15) is 0 Å². The van der Waals surface area contributed by atoms with E-state index in [0.717, 1.165) is 5.76 Å². The van der Waals surface area contributed by atoms with Crippen LogP contribution in [0.15, 0.2) is 36.1 Å². The summed E-state index contributed by atoms with van der Waals surface area (Å²) in [7, 11) is -1.04.